The summed E-state index contributed by atoms with van der Waals surface area (Å²) in [7, 11) is 3.16. The lowest BCUT2D eigenvalue weighted by Gasteiger charge is -2.21. The molecule has 21 heavy (non-hydrogen) atoms. The lowest BCUT2D eigenvalue weighted by molar-refractivity contribution is 0.395. The molecule has 0 aliphatic carbocycles. The molecule has 0 saturated carbocycles. The monoisotopic (exact) mass is 286 g/mol. The quantitative estimate of drug-likeness (QED) is 0.942. The molecule has 0 aromatic heterocycles. The first-order chi connectivity index (χ1) is 10.1. The van der Waals surface area contributed by atoms with Gasteiger partial charge in [0.2, 0.25) is 0 Å². The summed E-state index contributed by atoms with van der Waals surface area (Å²) in [5.74, 6) is 1.24. The summed E-state index contributed by atoms with van der Waals surface area (Å²) in [4.78, 5) is 1.79. The summed E-state index contributed by atoms with van der Waals surface area (Å²) in [6.07, 6.45) is 0. The average molecular weight is 286 g/mol. The first kappa shape index (κ1) is 13.4. The van der Waals surface area contributed by atoms with Crippen molar-refractivity contribution in [1.29, 1.82) is 5.41 Å². The predicted octanol–water partition coefficient (Wildman–Crippen LogP) is 3.19. The molecule has 1 N–H and O–H groups in total. The predicted molar refractivity (Wildman–Crippen MR) is 79.0 cm³/mol. The van der Waals surface area contributed by atoms with Gasteiger partial charge in [0, 0.05) is 11.6 Å². The molecule has 0 bridgehead atoms. The summed E-state index contributed by atoms with van der Waals surface area (Å²) in [5, 5.41) is 8.26. The minimum atomic E-state index is -0.331. The normalized spacial score (nSPS) is 13.3. The van der Waals surface area contributed by atoms with E-state index in [0.29, 0.717) is 23.6 Å². The van der Waals surface area contributed by atoms with Crippen LogP contribution in [-0.2, 0) is 6.54 Å². The second-order valence-corrected chi connectivity index (χ2v) is 4.77. The highest BCUT2D eigenvalue weighted by Crippen LogP contribution is 2.37. The van der Waals surface area contributed by atoms with Crippen molar-refractivity contribution >= 4 is 11.5 Å². The molecule has 1 heterocycles. The van der Waals surface area contributed by atoms with Gasteiger partial charge in [-0.2, -0.15) is 0 Å². The third kappa shape index (κ3) is 2.20. The van der Waals surface area contributed by atoms with Crippen molar-refractivity contribution in [2.45, 2.75) is 6.54 Å². The molecule has 0 fully saturated rings. The first-order valence-corrected chi connectivity index (χ1v) is 6.51. The lowest BCUT2D eigenvalue weighted by Crippen LogP contribution is -2.23. The van der Waals surface area contributed by atoms with E-state index < -0.39 is 0 Å². The summed E-state index contributed by atoms with van der Waals surface area (Å²) in [6, 6.07) is 9.96. The third-order valence-corrected chi connectivity index (χ3v) is 3.60. The number of nitrogens with one attached hydrogen (secondary N) is 1. The molecule has 1 aliphatic heterocycles. The Hall–Kier alpha value is -2.56. The Kier molecular flexibility index (Phi) is 3.25. The number of benzene rings is 2. The van der Waals surface area contributed by atoms with Gasteiger partial charge in [0.25, 0.3) is 0 Å². The van der Waals surface area contributed by atoms with Crippen LogP contribution in [0.2, 0.25) is 0 Å². The van der Waals surface area contributed by atoms with Crippen LogP contribution in [0.25, 0.3) is 0 Å². The van der Waals surface area contributed by atoms with Crippen LogP contribution in [0.1, 0.15) is 11.1 Å². The van der Waals surface area contributed by atoms with Gasteiger partial charge in [0.15, 0.2) is 0 Å². The van der Waals surface area contributed by atoms with E-state index in [1.807, 2.05) is 12.1 Å². The van der Waals surface area contributed by atoms with Crippen LogP contribution < -0.4 is 14.4 Å². The summed E-state index contributed by atoms with van der Waals surface area (Å²) in [5.41, 5.74) is 2.31. The molecule has 0 atom stereocenters. The smallest absolute Gasteiger partial charge is 0.146 e. The average Bonchev–Trinajstić information content (AvgIpc) is 2.83. The van der Waals surface area contributed by atoms with E-state index in [4.69, 9.17) is 14.9 Å². The zero-order chi connectivity index (χ0) is 15.0. The number of rotatable bonds is 3. The van der Waals surface area contributed by atoms with Gasteiger partial charge in [-0.25, -0.2) is 4.39 Å². The molecule has 5 heteroatoms. The highest BCUT2D eigenvalue weighted by molar-refractivity contribution is 6.12. The van der Waals surface area contributed by atoms with Crippen molar-refractivity contribution in [3.8, 4) is 11.5 Å². The lowest BCUT2D eigenvalue weighted by atomic mass is 10.1. The maximum atomic E-state index is 13.4. The molecular formula is C16H15FN2O2. The van der Waals surface area contributed by atoms with E-state index >= 15 is 0 Å². The number of amidine groups is 1. The minimum absolute atomic E-state index is 0.271. The number of fused-ring (bicyclic) bond motifs is 1. The van der Waals surface area contributed by atoms with Gasteiger partial charge in [-0.15, -0.1) is 0 Å². The third-order valence-electron chi connectivity index (χ3n) is 3.60. The van der Waals surface area contributed by atoms with Crippen LogP contribution in [0, 0.1) is 11.2 Å². The Balaban J connectivity index is 2.02. The van der Waals surface area contributed by atoms with E-state index in [9.17, 15) is 4.39 Å². The van der Waals surface area contributed by atoms with Crippen LogP contribution in [-0.4, -0.2) is 20.1 Å². The largest absolute Gasteiger partial charge is 0.497 e. The van der Waals surface area contributed by atoms with E-state index in [1.165, 1.54) is 12.1 Å². The van der Waals surface area contributed by atoms with Gasteiger partial charge < -0.3 is 14.4 Å². The number of ether oxygens (including phenoxy) is 2. The van der Waals surface area contributed by atoms with Gasteiger partial charge in [-0.1, -0.05) is 6.07 Å². The zero-order valence-corrected chi connectivity index (χ0v) is 11.8. The first-order valence-electron chi connectivity index (χ1n) is 6.51. The van der Waals surface area contributed by atoms with Gasteiger partial charge in [-0.05, 0) is 29.8 Å². The number of anilines is 1. The molecule has 3 rings (SSSR count). The van der Waals surface area contributed by atoms with Crippen molar-refractivity contribution in [2.75, 3.05) is 19.1 Å². The molecule has 2 aromatic carbocycles. The van der Waals surface area contributed by atoms with E-state index in [0.717, 1.165) is 11.3 Å². The van der Waals surface area contributed by atoms with Crippen LogP contribution in [0.5, 0.6) is 11.5 Å². The molecule has 4 nitrogen and oxygen atoms in total. The Bertz CT molecular complexity index is 715. The van der Waals surface area contributed by atoms with E-state index in [2.05, 4.69) is 0 Å². The number of halogens is 1. The van der Waals surface area contributed by atoms with Crippen molar-refractivity contribution in [2.24, 2.45) is 0 Å². The molecular weight excluding hydrogens is 271 g/mol. The summed E-state index contributed by atoms with van der Waals surface area (Å²) in [6.45, 7) is 0.525. The maximum Gasteiger partial charge on any atom is 0.146 e. The summed E-state index contributed by atoms with van der Waals surface area (Å²) >= 11 is 0. The van der Waals surface area contributed by atoms with Crippen LogP contribution in [0.3, 0.4) is 0 Å². The van der Waals surface area contributed by atoms with Crippen molar-refractivity contribution in [3.63, 3.8) is 0 Å². The van der Waals surface area contributed by atoms with Gasteiger partial charge in [-0.3, -0.25) is 5.41 Å². The van der Waals surface area contributed by atoms with Crippen LogP contribution in [0.15, 0.2) is 36.4 Å². The number of methoxy groups -OCH3 is 2. The highest BCUT2D eigenvalue weighted by Gasteiger charge is 2.27. The number of hydrogen-bond donors (Lipinski definition) is 1. The van der Waals surface area contributed by atoms with Gasteiger partial charge in [0.05, 0.1) is 26.5 Å². The fourth-order valence-electron chi connectivity index (χ4n) is 2.52. The summed E-state index contributed by atoms with van der Waals surface area (Å²) < 4.78 is 23.9. The molecule has 2 aromatic rings. The fourth-order valence-corrected chi connectivity index (χ4v) is 2.52. The fraction of sp³-hybridized carbons (Fsp3) is 0.188. The zero-order valence-electron chi connectivity index (χ0n) is 11.8. The van der Waals surface area contributed by atoms with Crippen molar-refractivity contribution in [3.05, 3.63) is 53.3 Å². The molecule has 108 valence electrons. The Morgan fingerprint density at radius 2 is 1.90 bits per heavy atom. The topological polar surface area (TPSA) is 45.5 Å². The molecule has 0 unspecified atom stereocenters. The number of nitrogens with zero attached hydrogens (tertiary/aromatic N) is 1. The second kappa shape index (κ2) is 5.09. The Morgan fingerprint density at radius 1 is 1.10 bits per heavy atom. The SMILES string of the molecule is COc1ccc(N2Cc3ccc(F)cc3C2=N)c(OC)c1. The van der Waals surface area contributed by atoms with Crippen molar-refractivity contribution < 1.29 is 13.9 Å². The second-order valence-electron chi connectivity index (χ2n) is 4.77. The van der Waals surface area contributed by atoms with Crippen LogP contribution >= 0.6 is 0 Å². The van der Waals surface area contributed by atoms with E-state index in [1.54, 1.807) is 31.3 Å². The molecule has 0 radical (unpaired) electrons. The maximum absolute atomic E-state index is 13.4. The highest BCUT2D eigenvalue weighted by atomic mass is 19.1. The standard InChI is InChI=1S/C16H15FN2O2/c1-20-12-5-6-14(15(8-12)21-2)19-9-10-3-4-11(17)7-13(10)16(19)18/h3-8,18H,9H2,1-2H3. The Morgan fingerprint density at radius 3 is 2.62 bits per heavy atom. The molecule has 0 amide bonds. The van der Waals surface area contributed by atoms with E-state index in [-0.39, 0.29) is 11.7 Å². The van der Waals surface area contributed by atoms with Gasteiger partial charge >= 0.3 is 0 Å². The molecule has 1 aliphatic rings. The molecule has 0 spiro atoms. The molecule has 0 saturated heterocycles. The number of hydrogen-bond acceptors (Lipinski definition) is 3. The van der Waals surface area contributed by atoms with Crippen LogP contribution in [0.4, 0.5) is 10.1 Å². The Labute approximate surface area is 122 Å². The van der Waals surface area contributed by atoms with Gasteiger partial charge in [0.1, 0.15) is 23.2 Å². The van der Waals surface area contributed by atoms with Crippen molar-refractivity contribution in [1.82, 2.24) is 0 Å². The minimum Gasteiger partial charge on any atom is -0.497 e.